The summed E-state index contributed by atoms with van der Waals surface area (Å²) in [6.07, 6.45) is 0.895. The van der Waals surface area contributed by atoms with Crippen LogP contribution >= 0.6 is 0 Å². The van der Waals surface area contributed by atoms with Crippen LogP contribution in [0.3, 0.4) is 0 Å². The summed E-state index contributed by atoms with van der Waals surface area (Å²) in [5, 5.41) is 7.89. The average Bonchev–Trinajstić information content (AvgIpc) is 2.38. The van der Waals surface area contributed by atoms with Crippen LogP contribution in [0.5, 0.6) is 0 Å². The lowest BCUT2D eigenvalue weighted by atomic mass is 10.4. The zero-order valence-electron chi connectivity index (χ0n) is 13.1. The van der Waals surface area contributed by atoms with E-state index in [0.717, 1.165) is 12.5 Å². The molecule has 0 aromatic rings. The summed E-state index contributed by atoms with van der Waals surface area (Å²) in [5.41, 5.74) is 5.66. The molecule has 0 radical (unpaired) electrons. The van der Waals surface area contributed by atoms with Gasteiger partial charge in [0.15, 0.2) is 0 Å². The van der Waals surface area contributed by atoms with Crippen molar-refractivity contribution in [3.63, 3.8) is 0 Å². The van der Waals surface area contributed by atoms with E-state index in [4.69, 9.17) is 24.1 Å². The first-order valence-corrected chi connectivity index (χ1v) is 8.82. The first-order chi connectivity index (χ1) is 9.39. The van der Waals surface area contributed by atoms with Gasteiger partial charge in [-0.25, -0.2) is 4.79 Å². The Hall–Kier alpha value is -0.733. The van der Waals surface area contributed by atoms with Crippen LogP contribution in [0.2, 0.25) is 6.04 Å². The molecule has 6 nitrogen and oxygen atoms in total. The van der Waals surface area contributed by atoms with E-state index < -0.39 is 14.8 Å². The summed E-state index contributed by atoms with van der Waals surface area (Å²) in [6, 6.07) is 0.818. The molecule has 3 N–H and O–H groups in total. The van der Waals surface area contributed by atoms with E-state index in [1.54, 1.807) is 0 Å². The third kappa shape index (κ3) is 11.1. The van der Waals surface area contributed by atoms with Gasteiger partial charge in [0.05, 0.1) is 0 Å². The highest BCUT2D eigenvalue weighted by molar-refractivity contribution is 6.60. The highest BCUT2D eigenvalue weighted by atomic mass is 28.4. The molecule has 0 bridgehead atoms. The van der Waals surface area contributed by atoms with Crippen LogP contribution in [-0.4, -0.2) is 46.2 Å². The molecule has 0 amide bonds. The number of carboxylic acids is 1. The standard InChI is InChI=1S/C9H23NO3Si.C4H6O2/c1-4-11-14(12-5-2,13-6-3)9-7-8-10;1-3(2)4(5)6/h4-10H2,1-3H3;1H2,2H3,(H,5,6). The molecular weight excluding hydrogens is 278 g/mol. The van der Waals surface area contributed by atoms with Gasteiger partial charge in [-0.2, -0.15) is 0 Å². The molecule has 20 heavy (non-hydrogen) atoms. The molecule has 0 rings (SSSR count). The van der Waals surface area contributed by atoms with Gasteiger partial charge in [-0.3, -0.25) is 0 Å². The van der Waals surface area contributed by atoms with E-state index in [2.05, 4.69) is 6.58 Å². The maximum absolute atomic E-state index is 9.60. The zero-order chi connectivity index (χ0) is 16.0. The minimum absolute atomic E-state index is 0.176. The monoisotopic (exact) mass is 307 g/mol. The predicted octanol–water partition coefficient (Wildman–Crippen LogP) is 2.03. The number of carboxylic acid groups (broad SMARTS) is 1. The smallest absolute Gasteiger partial charge is 0.478 e. The fraction of sp³-hybridized carbons (Fsp3) is 0.769. The Labute approximate surface area is 123 Å². The van der Waals surface area contributed by atoms with Crippen molar-refractivity contribution in [2.24, 2.45) is 5.73 Å². The number of rotatable bonds is 10. The topological polar surface area (TPSA) is 91.0 Å². The number of carbonyl (C=O) groups is 1. The highest BCUT2D eigenvalue weighted by Gasteiger charge is 2.39. The fourth-order valence-corrected chi connectivity index (χ4v) is 3.96. The van der Waals surface area contributed by atoms with Crippen LogP contribution in [0.4, 0.5) is 0 Å². The predicted molar refractivity (Wildman–Crippen MR) is 81.6 cm³/mol. The number of nitrogens with two attached hydrogens (primary N) is 1. The van der Waals surface area contributed by atoms with E-state index >= 15 is 0 Å². The summed E-state index contributed by atoms with van der Waals surface area (Å²) in [7, 11) is -2.40. The van der Waals surface area contributed by atoms with E-state index in [1.807, 2.05) is 20.8 Å². The molecule has 0 aliphatic rings. The number of aliphatic carboxylic acids is 1. The normalized spacial score (nSPS) is 10.7. The van der Waals surface area contributed by atoms with Crippen LogP contribution in [0.25, 0.3) is 0 Å². The van der Waals surface area contributed by atoms with Gasteiger partial charge in [0.25, 0.3) is 0 Å². The molecule has 0 aliphatic carbocycles. The van der Waals surface area contributed by atoms with Crippen LogP contribution < -0.4 is 5.73 Å². The molecule has 120 valence electrons. The summed E-state index contributed by atoms with van der Waals surface area (Å²) in [4.78, 5) is 9.60. The second-order valence-electron chi connectivity index (χ2n) is 3.96. The van der Waals surface area contributed by atoms with Gasteiger partial charge < -0.3 is 24.1 Å². The van der Waals surface area contributed by atoms with Gasteiger partial charge in [-0.05, 0) is 40.7 Å². The average molecular weight is 307 g/mol. The van der Waals surface area contributed by atoms with Crippen molar-refractivity contribution in [3.8, 4) is 0 Å². The van der Waals surface area contributed by atoms with Crippen LogP contribution in [0.15, 0.2) is 12.2 Å². The van der Waals surface area contributed by atoms with E-state index in [9.17, 15) is 4.79 Å². The van der Waals surface area contributed by atoms with E-state index in [-0.39, 0.29) is 5.57 Å². The largest absolute Gasteiger partial charge is 0.500 e. The molecule has 0 saturated heterocycles. The maximum atomic E-state index is 9.60. The van der Waals surface area contributed by atoms with Crippen LogP contribution in [0, 0.1) is 0 Å². The summed E-state index contributed by atoms with van der Waals surface area (Å²) >= 11 is 0. The molecular formula is C13H29NO5Si. The quantitative estimate of drug-likeness (QED) is 0.474. The fourth-order valence-electron chi connectivity index (χ4n) is 1.32. The highest BCUT2D eigenvalue weighted by Crippen LogP contribution is 2.17. The lowest BCUT2D eigenvalue weighted by Gasteiger charge is -2.28. The lowest BCUT2D eigenvalue weighted by Crippen LogP contribution is -2.46. The van der Waals surface area contributed by atoms with Crippen LogP contribution in [-0.2, 0) is 18.1 Å². The van der Waals surface area contributed by atoms with Gasteiger partial charge in [-0.1, -0.05) is 6.58 Å². The number of hydrogen-bond acceptors (Lipinski definition) is 5. The minimum atomic E-state index is -2.40. The molecule has 0 heterocycles. The molecule has 7 heteroatoms. The van der Waals surface area contributed by atoms with Crippen molar-refractivity contribution in [2.45, 2.75) is 40.2 Å². The minimum Gasteiger partial charge on any atom is -0.478 e. The van der Waals surface area contributed by atoms with Gasteiger partial charge >= 0.3 is 14.8 Å². The third-order valence-electron chi connectivity index (χ3n) is 2.14. The Morgan fingerprint density at radius 2 is 1.50 bits per heavy atom. The van der Waals surface area contributed by atoms with Gasteiger partial charge in [-0.15, -0.1) is 0 Å². The van der Waals surface area contributed by atoms with Crippen molar-refractivity contribution in [3.05, 3.63) is 12.2 Å². The Morgan fingerprint density at radius 3 is 1.70 bits per heavy atom. The Balaban J connectivity index is 0. The molecule has 0 aliphatic heterocycles. The SMILES string of the molecule is C=C(C)C(=O)O.CCO[Si](CCCN)(OCC)OCC. The first-order valence-electron chi connectivity index (χ1n) is 6.89. The molecule has 0 atom stereocenters. The van der Waals surface area contributed by atoms with Gasteiger partial charge in [0, 0.05) is 31.4 Å². The van der Waals surface area contributed by atoms with E-state index in [1.165, 1.54) is 6.92 Å². The van der Waals surface area contributed by atoms with Crippen molar-refractivity contribution in [2.75, 3.05) is 26.4 Å². The zero-order valence-corrected chi connectivity index (χ0v) is 14.1. The van der Waals surface area contributed by atoms with Crippen molar-refractivity contribution >= 4 is 14.8 Å². The third-order valence-corrected chi connectivity index (χ3v) is 5.30. The molecule has 0 aromatic carbocycles. The molecule has 0 fully saturated rings. The second-order valence-corrected chi connectivity index (χ2v) is 6.69. The Morgan fingerprint density at radius 1 is 1.15 bits per heavy atom. The lowest BCUT2D eigenvalue weighted by molar-refractivity contribution is -0.132. The second kappa shape index (κ2) is 13.3. The van der Waals surface area contributed by atoms with Crippen molar-refractivity contribution in [1.29, 1.82) is 0 Å². The summed E-state index contributed by atoms with van der Waals surface area (Å²) in [6.45, 7) is 13.0. The van der Waals surface area contributed by atoms with Crippen molar-refractivity contribution in [1.82, 2.24) is 0 Å². The molecule has 0 aromatic heterocycles. The Bertz CT molecular complexity index is 244. The summed E-state index contributed by atoms with van der Waals surface area (Å²) in [5.74, 6) is -0.935. The van der Waals surface area contributed by atoms with Crippen molar-refractivity contribution < 1.29 is 23.2 Å². The molecule has 0 unspecified atom stereocenters. The van der Waals surface area contributed by atoms with Gasteiger partial charge in [0.1, 0.15) is 0 Å². The van der Waals surface area contributed by atoms with Crippen LogP contribution in [0.1, 0.15) is 34.1 Å². The molecule has 0 spiro atoms. The molecule has 0 saturated carbocycles. The first kappa shape index (κ1) is 21.6. The maximum Gasteiger partial charge on any atom is 0.500 e. The van der Waals surface area contributed by atoms with Gasteiger partial charge in [0.2, 0.25) is 0 Å². The summed E-state index contributed by atoms with van der Waals surface area (Å²) < 4.78 is 17.0. The number of hydrogen-bond donors (Lipinski definition) is 2. The van der Waals surface area contributed by atoms with E-state index in [0.29, 0.717) is 26.4 Å². The Kier molecular flexibility index (Phi) is 14.3.